The monoisotopic (exact) mass is 268 g/mol. The zero-order valence-corrected chi connectivity index (χ0v) is 10.6. The molecular formula is C11H13N2O4P. The van der Waals surface area contributed by atoms with Gasteiger partial charge in [-0.25, -0.2) is 0 Å². The molecule has 1 aromatic rings. The van der Waals surface area contributed by atoms with E-state index in [0.717, 1.165) is 0 Å². The summed E-state index contributed by atoms with van der Waals surface area (Å²) in [5, 5.41) is 11.4. The lowest BCUT2D eigenvalue weighted by Crippen LogP contribution is -2.24. The molecule has 0 heterocycles. The number of carbonyl (C=O) groups excluding carboxylic acids is 1. The molecule has 0 radical (unpaired) electrons. The van der Waals surface area contributed by atoms with Crippen molar-refractivity contribution in [2.45, 2.75) is 19.1 Å². The second-order valence-electron chi connectivity index (χ2n) is 3.83. The van der Waals surface area contributed by atoms with Gasteiger partial charge in [0.2, 0.25) is 5.91 Å². The van der Waals surface area contributed by atoms with Gasteiger partial charge >= 0.3 is 7.60 Å². The Morgan fingerprint density at radius 3 is 2.72 bits per heavy atom. The summed E-state index contributed by atoms with van der Waals surface area (Å²) in [6.45, 7) is 1.30. The van der Waals surface area contributed by atoms with Crippen molar-refractivity contribution in [1.82, 2.24) is 5.32 Å². The first-order valence-corrected chi connectivity index (χ1v) is 6.92. The number of hydrogen-bond acceptors (Lipinski definition) is 3. The second-order valence-corrected chi connectivity index (χ2v) is 5.48. The van der Waals surface area contributed by atoms with Gasteiger partial charge in [0.05, 0.1) is 12.2 Å². The van der Waals surface area contributed by atoms with Gasteiger partial charge in [-0.05, 0) is 11.1 Å². The van der Waals surface area contributed by atoms with Crippen LogP contribution in [0.3, 0.4) is 0 Å². The zero-order chi connectivity index (χ0) is 13.8. The number of benzene rings is 1. The van der Waals surface area contributed by atoms with Crippen LogP contribution in [0, 0.1) is 11.3 Å². The summed E-state index contributed by atoms with van der Waals surface area (Å²) < 4.78 is 10.9. The minimum atomic E-state index is -4.14. The summed E-state index contributed by atoms with van der Waals surface area (Å²) in [5.41, 5.74) is 0.921. The van der Waals surface area contributed by atoms with Crippen LogP contribution in [0.4, 0.5) is 0 Å². The van der Waals surface area contributed by atoms with Gasteiger partial charge in [0.15, 0.2) is 0 Å². The van der Waals surface area contributed by atoms with E-state index in [1.165, 1.54) is 13.0 Å². The van der Waals surface area contributed by atoms with Crippen molar-refractivity contribution < 1.29 is 19.1 Å². The van der Waals surface area contributed by atoms with Crippen LogP contribution in [0.1, 0.15) is 24.1 Å². The van der Waals surface area contributed by atoms with Crippen LogP contribution in [0.5, 0.6) is 0 Å². The highest BCUT2D eigenvalue weighted by Gasteiger charge is 2.16. The summed E-state index contributed by atoms with van der Waals surface area (Å²) in [6.07, 6.45) is -0.390. The highest BCUT2D eigenvalue weighted by Crippen LogP contribution is 2.39. The van der Waals surface area contributed by atoms with Crippen LogP contribution in [0.15, 0.2) is 24.3 Å². The van der Waals surface area contributed by atoms with Crippen LogP contribution < -0.4 is 5.32 Å². The van der Waals surface area contributed by atoms with E-state index >= 15 is 0 Å². The van der Waals surface area contributed by atoms with E-state index in [0.29, 0.717) is 11.1 Å². The van der Waals surface area contributed by atoms with Crippen LogP contribution in [0.25, 0.3) is 0 Å². The van der Waals surface area contributed by atoms with Gasteiger partial charge in [-0.3, -0.25) is 9.36 Å². The van der Waals surface area contributed by atoms with Gasteiger partial charge in [0, 0.05) is 6.92 Å². The third kappa shape index (κ3) is 4.68. The van der Waals surface area contributed by atoms with E-state index in [9.17, 15) is 9.36 Å². The minimum Gasteiger partial charge on any atom is -0.337 e. The van der Waals surface area contributed by atoms with Gasteiger partial charge in [-0.1, -0.05) is 24.3 Å². The number of rotatable bonds is 4. The number of nitriles is 1. The lowest BCUT2D eigenvalue weighted by molar-refractivity contribution is -0.119. The lowest BCUT2D eigenvalue weighted by Gasteiger charge is -2.12. The fraction of sp³-hybridized carbons (Fsp3) is 0.273. The number of nitrogens with one attached hydrogen (secondary N) is 1. The van der Waals surface area contributed by atoms with Gasteiger partial charge in [0.1, 0.15) is 6.04 Å². The van der Waals surface area contributed by atoms with Gasteiger partial charge in [-0.2, -0.15) is 5.26 Å². The summed E-state index contributed by atoms with van der Waals surface area (Å²) in [6, 6.07) is 7.36. The second kappa shape index (κ2) is 5.78. The third-order valence-electron chi connectivity index (χ3n) is 2.15. The predicted molar refractivity (Wildman–Crippen MR) is 64.4 cm³/mol. The Bertz CT molecular complexity index is 532. The molecule has 7 heteroatoms. The molecule has 0 fully saturated rings. The van der Waals surface area contributed by atoms with E-state index in [2.05, 4.69) is 5.32 Å². The summed E-state index contributed by atoms with van der Waals surface area (Å²) in [7, 11) is -4.14. The van der Waals surface area contributed by atoms with Gasteiger partial charge in [-0.15, -0.1) is 0 Å². The highest BCUT2D eigenvalue weighted by molar-refractivity contribution is 7.50. The van der Waals surface area contributed by atoms with Crippen LogP contribution in [-0.4, -0.2) is 15.7 Å². The Morgan fingerprint density at radius 1 is 1.56 bits per heavy atom. The van der Waals surface area contributed by atoms with E-state index < -0.39 is 13.6 Å². The molecule has 6 nitrogen and oxygen atoms in total. The third-order valence-corrected chi connectivity index (χ3v) is 2.93. The van der Waals surface area contributed by atoms with Crippen molar-refractivity contribution in [2.75, 3.05) is 0 Å². The summed E-state index contributed by atoms with van der Waals surface area (Å²) in [4.78, 5) is 28.7. The smallest absolute Gasteiger partial charge is 0.329 e. The maximum atomic E-state index is 10.9. The Hall–Kier alpha value is -1.67. The van der Waals surface area contributed by atoms with Crippen molar-refractivity contribution in [3.8, 4) is 6.07 Å². The first-order valence-electron chi connectivity index (χ1n) is 5.12. The van der Waals surface area contributed by atoms with E-state index in [-0.39, 0.29) is 12.1 Å². The molecule has 0 saturated heterocycles. The first kappa shape index (κ1) is 14.4. The highest BCUT2D eigenvalue weighted by atomic mass is 31.2. The quantitative estimate of drug-likeness (QED) is 0.707. The number of carbonyl (C=O) groups is 1. The normalized spacial score (nSPS) is 12.6. The molecule has 0 aliphatic heterocycles. The maximum Gasteiger partial charge on any atom is 0.329 e. The van der Waals surface area contributed by atoms with Gasteiger partial charge < -0.3 is 15.1 Å². The van der Waals surface area contributed by atoms with E-state index in [1.54, 1.807) is 18.2 Å². The standard InChI is InChI=1S/C11H13N2O4P/c1-8(14)13-11(6-12)10-4-2-3-9(5-10)7-18(15,16)17/h2-5,11H,7H2,1H3,(H,13,14)(H2,15,16,17). The maximum absolute atomic E-state index is 10.9. The van der Waals surface area contributed by atoms with Crippen molar-refractivity contribution >= 4 is 13.5 Å². The molecule has 0 aliphatic rings. The topological polar surface area (TPSA) is 110 Å². The lowest BCUT2D eigenvalue weighted by atomic mass is 10.1. The molecule has 1 rings (SSSR count). The summed E-state index contributed by atoms with van der Waals surface area (Å²) in [5.74, 6) is -0.345. The van der Waals surface area contributed by atoms with Crippen molar-refractivity contribution in [2.24, 2.45) is 0 Å². The van der Waals surface area contributed by atoms with Crippen LogP contribution in [0.2, 0.25) is 0 Å². The molecule has 0 bridgehead atoms. The number of hydrogen-bond donors (Lipinski definition) is 3. The molecule has 18 heavy (non-hydrogen) atoms. The molecule has 96 valence electrons. The van der Waals surface area contributed by atoms with E-state index in [1.807, 2.05) is 6.07 Å². The average molecular weight is 268 g/mol. The molecule has 1 aromatic carbocycles. The SMILES string of the molecule is CC(=O)NC(C#N)c1cccc(CP(=O)(O)O)c1. The Balaban J connectivity index is 2.97. The van der Waals surface area contributed by atoms with Crippen LogP contribution >= 0.6 is 7.60 Å². The minimum absolute atomic E-state index is 0.345. The Kier molecular flexibility index (Phi) is 4.62. The molecule has 0 aliphatic carbocycles. The Morgan fingerprint density at radius 2 is 2.22 bits per heavy atom. The predicted octanol–water partition coefficient (Wildman–Crippen LogP) is 1.07. The van der Waals surface area contributed by atoms with Crippen molar-refractivity contribution in [3.63, 3.8) is 0 Å². The molecule has 1 atom stereocenters. The molecular weight excluding hydrogens is 255 g/mol. The van der Waals surface area contributed by atoms with Crippen molar-refractivity contribution in [3.05, 3.63) is 35.4 Å². The zero-order valence-electron chi connectivity index (χ0n) is 9.70. The van der Waals surface area contributed by atoms with Gasteiger partial charge in [0.25, 0.3) is 0 Å². The number of amides is 1. The molecule has 0 saturated carbocycles. The fourth-order valence-corrected chi connectivity index (χ4v) is 2.17. The average Bonchev–Trinajstić information content (AvgIpc) is 2.23. The van der Waals surface area contributed by atoms with E-state index in [4.69, 9.17) is 15.0 Å². The fourth-order valence-electron chi connectivity index (χ4n) is 1.50. The molecule has 1 amide bonds. The first-order chi connectivity index (χ1) is 8.31. The van der Waals surface area contributed by atoms with Crippen LogP contribution in [-0.2, 0) is 15.5 Å². The van der Waals surface area contributed by atoms with Crippen molar-refractivity contribution in [1.29, 1.82) is 5.26 Å². The molecule has 1 unspecified atom stereocenters. The molecule has 0 spiro atoms. The molecule has 0 aromatic heterocycles. The summed E-state index contributed by atoms with van der Waals surface area (Å²) >= 11 is 0. The molecule has 3 N–H and O–H groups in total. The Labute approximate surface area is 104 Å². The number of nitrogens with zero attached hydrogens (tertiary/aromatic N) is 1. The largest absolute Gasteiger partial charge is 0.337 e.